The van der Waals surface area contributed by atoms with Gasteiger partial charge < -0.3 is 10.5 Å². The van der Waals surface area contributed by atoms with Gasteiger partial charge in [0.25, 0.3) is 0 Å². The van der Waals surface area contributed by atoms with Gasteiger partial charge in [0.1, 0.15) is 5.60 Å². The Morgan fingerprint density at radius 1 is 1.00 bits per heavy atom. The summed E-state index contributed by atoms with van der Waals surface area (Å²) in [4.78, 5) is 11.6. The summed E-state index contributed by atoms with van der Waals surface area (Å²) in [5.41, 5.74) is 5.07. The van der Waals surface area contributed by atoms with E-state index in [9.17, 15) is 18.0 Å². The molecule has 0 spiro atoms. The summed E-state index contributed by atoms with van der Waals surface area (Å²) in [6, 6.07) is 18.7. The summed E-state index contributed by atoms with van der Waals surface area (Å²) in [6.07, 6.45) is -3.90. The quantitative estimate of drug-likeness (QED) is 0.535. The normalized spacial score (nSPS) is 13.8. The van der Waals surface area contributed by atoms with Gasteiger partial charge in [0.15, 0.2) is 0 Å². The van der Waals surface area contributed by atoms with E-state index in [-0.39, 0.29) is 0 Å². The van der Waals surface area contributed by atoms with E-state index in [1.165, 1.54) is 6.07 Å². The number of benzene rings is 3. The Morgan fingerprint density at radius 3 is 2.41 bits per heavy atom. The zero-order chi connectivity index (χ0) is 21.1. The molecule has 6 heteroatoms. The molecule has 0 fully saturated rings. The van der Waals surface area contributed by atoms with Crippen molar-refractivity contribution in [2.75, 3.05) is 0 Å². The number of carbonyl (C=O) groups excluding carboxylic acids is 1. The van der Waals surface area contributed by atoms with Crippen LogP contribution in [0.15, 0.2) is 66.7 Å². The van der Waals surface area contributed by atoms with Crippen molar-refractivity contribution in [3.05, 3.63) is 83.4 Å². The van der Waals surface area contributed by atoms with Crippen molar-refractivity contribution >= 4 is 16.9 Å². The molecular formula is C23H22F3NO2. The number of ether oxygens (including phenoxy) is 1. The number of halogens is 3. The van der Waals surface area contributed by atoms with Gasteiger partial charge in [-0.1, -0.05) is 60.7 Å². The molecule has 3 rings (SSSR count). The van der Waals surface area contributed by atoms with Crippen LogP contribution in [0.1, 0.15) is 36.5 Å². The Morgan fingerprint density at radius 2 is 1.69 bits per heavy atom. The smallest absolute Gasteiger partial charge is 0.416 e. The second-order valence-corrected chi connectivity index (χ2v) is 7.23. The van der Waals surface area contributed by atoms with Gasteiger partial charge in [-0.3, -0.25) is 0 Å². The second-order valence-electron chi connectivity index (χ2n) is 7.23. The largest absolute Gasteiger partial charge is 0.438 e. The molecule has 0 aliphatic rings. The molecule has 29 heavy (non-hydrogen) atoms. The lowest BCUT2D eigenvalue weighted by Crippen LogP contribution is -2.32. The van der Waals surface area contributed by atoms with Crippen molar-refractivity contribution < 1.29 is 22.7 Å². The lowest BCUT2D eigenvalue weighted by atomic mass is 9.86. The van der Waals surface area contributed by atoms with Gasteiger partial charge in [0, 0.05) is 5.56 Å². The van der Waals surface area contributed by atoms with Crippen molar-refractivity contribution in [2.24, 2.45) is 5.73 Å². The maximum atomic E-state index is 12.9. The van der Waals surface area contributed by atoms with E-state index < -0.39 is 23.4 Å². The number of hydrogen-bond donors (Lipinski definition) is 1. The summed E-state index contributed by atoms with van der Waals surface area (Å²) in [5, 5.41) is 1.94. The van der Waals surface area contributed by atoms with Gasteiger partial charge in [-0.25, -0.2) is 4.79 Å². The Balaban J connectivity index is 1.84. The standard InChI is InChI=1S/C23H22F3NO2/c1-22(29-21(27)28,20-13-5-10-17-9-2-3-12-19(17)20)14-6-8-16-7-4-11-18(15-16)23(24,25)26/h2-5,7,9-13,15H,6,8,14H2,1H3,(H2,27,28). The minimum absolute atomic E-state index is 0.417. The predicted octanol–water partition coefficient (Wildman–Crippen LogP) is 6.19. The van der Waals surface area contributed by atoms with E-state index in [2.05, 4.69) is 0 Å². The molecule has 0 aromatic heterocycles. The van der Waals surface area contributed by atoms with Crippen molar-refractivity contribution in [3.63, 3.8) is 0 Å². The molecule has 152 valence electrons. The molecule has 2 N–H and O–H groups in total. The molecule has 0 radical (unpaired) electrons. The zero-order valence-corrected chi connectivity index (χ0v) is 16.0. The number of alkyl halides is 3. The van der Waals surface area contributed by atoms with Gasteiger partial charge in [-0.05, 0) is 48.6 Å². The Bertz CT molecular complexity index is 1010. The van der Waals surface area contributed by atoms with Crippen LogP contribution in [0.25, 0.3) is 10.8 Å². The highest BCUT2D eigenvalue weighted by Gasteiger charge is 2.32. The molecule has 0 bridgehead atoms. The van der Waals surface area contributed by atoms with Crippen LogP contribution in [0.3, 0.4) is 0 Å². The Kier molecular flexibility index (Phi) is 5.82. The molecule has 1 atom stereocenters. The lowest BCUT2D eigenvalue weighted by molar-refractivity contribution is -0.137. The van der Waals surface area contributed by atoms with E-state index in [0.29, 0.717) is 24.8 Å². The minimum Gasteiger partial charge on any atom is -0.438 e. The molecule has 3 aromatic carbocycles. The first kappa shape index (κ1) is 20.7. The number of carbonyl (C=O) groups is 1. The summed E-state index contributed by atoms with van der Waals surface area (Å²) < 4.78 is 44.3. The fourth-order valence-electron chi connectivity index (χ4n) is 3.68. The SMILES string of the molecule is CC(CCCc1cccc(C(F)(F)F)c1)(OC(N)=O)c1cccc2ccccc12. The van der Waals surface area contributed by atoms with Crippen LogP contribution in [-0.2, 0) is 22.9 Å². The summed E-state index contributed by atoms with van der Waals surface area (Å²) in [7, 11) is 0. The van der Waals surface area contributed by atoms with Crippen LogP contribution in [0.2, 0.25) is 0 Å². The highest BCUT2D eigenvalue weighted by atomic mass is 19.4. The Labute approximate surface area is 167 Å². The van der Waals surface area contributed by atoms with E-state index in [1.54, 1.807) is 13.0 Å². The summed E-state index contributed by atoms with van der Waals surface area (Å²) in [6.45, 7) is 1.78. The Hall–Kier alpha value is -3.02. The maximum Gasteiger partial charge on any atom is 0.416 e. The van der Waals surface area contributed by atoms with Crippen LogP contribution < -0.4 is 5.73 Å². The van der Waals surface area contributed by atoms with Crippen molar-refractivity contribution in [2.45, 2.75) is 38.0 Å². The molecule has 0 aliphatic carbocycles. The fraction of sp³-hybridized carbons (Fsp3) is 0.261. The number of hydrogen-bond acceptors (Lipinski definition) is 2. The number of aryl methyl sites for hydroxylation is 1. The maximum absolute atomic E-state index is 12.9. The first-order chi connectivity index (χ1) is 13.7. The highest BCUT2D eigenvalue weighted by molar-refractivity contribution is 5.86. The molecule has 1 amide bonds. The van der Waals surface area contributed by atoms with E-state index in [4.69, 9.17) is 10.5 Å². The fourth-order valence-corrected chi connectivity index (χ4v) is 3.68. The van der Waals surface area contributed by atoms with Crippen LogP contribution >= 0.6 is 0 Å². The minimum atomic E-state index is -4.37. The monoisotopic (exact) mass is 401 g/mol. The number of amides is 1. The summed E-state index contributed by atoms with van der Waals surface area (Å²) >= 11 is 0. The van der Waals surface area contributed by atoms with Crippen molar-refractivity contribution in [3.8, 4) is 0 Å². The van der Waals surface area contributed by atoms with Gasteiger partial charge in [0.05, 0.1) is 5.56 Å². The first-order valence-electron chi connectivity index (χ1n) is 9.32. The molecular weight excluding hydrogens is 379 g/mol. The molecule has 1 unspecified atom stereocenters. The van der Waals surface area contributed by atoms with Gasteiger partial charge >= 0.3 is 12.3 Å². The lowest BCUT2D eigenvalue weighted by Gasteiger charge is -2.30. The number of nitrogens with two attached hydrogens (primary N) is 1. The zero-order valence-electron chi connectivity index (χ0n) is 16.0. The van der Waals surface area contributed by atoms with Crippen LogP contribution in [-0.4, -0.2) is 6.09 Å². The number of primary amides is 1. The number of rotatable bonds is 6. The first-order valence-corrected chi connectivity index (χ1v) is 9.32. The van der Waals surface area contributed by atoms with Crippen LogP contribution in [0.4, 0.5) is 18.0 Å². The third-order valence-corrected chi connectivity index (χ3v) is 5.06. The van der Waals surface area contributed by atoms with Crippen LogP contribution in [0, 0.1) is 0 Å². The molecule has 0 heterocycles. The topological polar surface area (TPSA) is 52.3 Å². The van der Waals surface area contributed by atoms with Gasteiger partial charge in [0.2, 0.25) is 0 Å². The molecule has 0 aliphatic heterocycles. The molecule has 0 saturated carbocycles. The van der Waals surface area contributed by atoms with Gasteiger partial charge in [-0.2, -0.15) is 13.2 Å². The summed E-state index contributed by atoms with van der Waals surface area (Å²) in [5.74, 6) is 0. The molecule has 3 nitrogen and oxygen atoms in total. The predicted molar refractivity (Wildman–Crippen MR) is 106 cm³/mol. The van der Waals surface area contributed by atoms with E-state index in [1.807, 2.05) is 42.5 Å². The average molecular weight is 401 g/mol. The van der Waals surface area contributed by atoms with E-state index >= 15 is 0 Å². The third kappa shape index (κ3) is 4.88. The van der Waals surface area contributed by atoms with Crippen LogP contribution in [0.5, 0.6) is 0 Å². The van der Waals surface area contributed by atoms with Crippen molar-refractivity contribution in [1.82, 2.24) is 0 Å². The highest BCUT2D eigenvalue weighted by Crippen LogP contribution is 2.36. The van der Waals surface area contributed by atoms with Crippen molar-refractivity contribution in [1.29, 1.82) is 0 Å². The number of fused-ring (bicyclic) bond motifs is 1. The second kappa shape index (κ2) is 8.15. The molecule has 3 aromatic rings. The third-order valence-electron chi connectivity index (χ3n) is 5.06. The average Bonchev–Trinajstić information content (AvgIpc) is 2.66. The van der Waals surface area contributed by atoms with E-state index in [0.717, 1.165) is 28.5 Å². The molecule has 0 saturated heterocycles. The van der Waals surface area contributed by atoms with Gasteiger partial charge in [-0.15, -0.1) is 0 Å².